The van der Waals surface area contributed by atoms with E-state index in [9.17, 15) is 5.11 Å². The molecule has 1 saturated carbocycles. The number of hydrogen-bond donors (Lipinski definition) is 2. The summed E-state index contributed by atoms with van der Waals surface area (Å²) in [6.45, 7) is 4.19. The highest BCUT2D eigenvalue weighted by Crippen LogP contribution is 2.27. The number of thiophene rings is 1. The summed E-state index contributed by atoms with van der Waals surface area (Å²) in [5.74, 6) is 0.753. The van der Waals surface area contributed by atoms with E-state index in [1.807, 2.05) is 11.3 Å². The number of hydrogen-bond acceptors (Lipinski definition) is 3. The molecule has 0 bridgehead atoms. The smallest absolute Gasteiger partial charge is 0.0540 e. The lowest BCUT2D eigenvalue weighted by atomic mass is 9.87. The van der Waals surface area contributed by atoms with Gasteiger partial charge >= 0.3 is 0 Å². The quantitative estimate of drug-likeness (QED) is 0.891. The Balaban J connectivity index is 1.69. The van der Waals surface area contributed by atoms with Crippen molar-refractivity contribution < 1.29 is 5.11 Å². The van der Waals surface area contributed by atoms with Gasteiger partial charge in [0.15, 0.2) is 0 Å². The van der Waals surface area contributed by atoms with Crippen LogP contribution in [-0.4, -0.2) is 17.8 Å². The molecule has 4 heteroatoms. The average molecular weight is 318 g/mol. The standard InChI is InChI=1S/C13H20BrNOS/c1-9-13(14)6-12(17-9)8-15-7-10-2-4-11(16)5-3-10/h6,10-11,15-16H,2-5,7-8H2,1H3. The van der Waals surface area contributed by atoms with Crippen LogP contribution in [0, 0.1) is 12.8 Å². The van der Waals surface area contributed by atoms with E-state index >= 15 is 0 Å². The van der Waals surface area contributed by atoms with Crippen molar-refractivity contribution >= 4 is 27.3 Å². The first-order valence-corrected chi connectivity index (χ1v) is 7.89. The maximum atomic E-state index is 9.44. The molecule has 0 aliphatic heterocycles. The molecule has 1 aliphatic carbocycles. The van der Waals surface area contributed by atoms with Gasteiger partial charge in [-0.3, -0.25) is 0 Å². The highest BCUT2D eigenvalue weighted by molar-refractivity contribution is 9.10. The molecule has 0 spiro atoms. The minimum atomic E-state index is -0.0397. The lowest BCUT2D eigenvalue weighted by Gasteiger charge is -2.25. The van der Waals surface area contributed by atoms with Crippen molar-refractivity contribution in [3.63, 3.8) is 0 Å². The second-order valence-corrected chi connectivity index (χ2v) is 7.12. The summed E-state index contributed by atoms with van der Waals surface area (Å²) in [5, 5.41) is 13.0. The van der Waals surface area contributed by atoms with Gasteiger partial charge < -0.3 is 10.4 Å². The van der Waals surface area contributed by atoms with Crippen molar-refractivity contribution in [2.75, 3.05) is 6.54 Å². The Morgan fingerprint density at radius 3 is 2.71 bits per heavy atom. The van der Waals surface area contributed by atoms with Crippen LogP contribution in [0.25, 0.3) is 0 Å². The summed E-state index contributed by atoms with van der Waals surface area (Å²) in [7, 11) is 0. The van der Waals surface area contributed by atoms with Crippen LogP contribution in [0.5, 0.6) is 0 Å². The van der Waals surface area contributed by atoms with Crippen molar-refractivity contribution in [1.29, 1.82) is 0 Å². The molecule has 2 rings (SSSR count). The van der Waals surface area contributed by atoms with E-state index in [0.29, 0.717) is 0 Å². The number of nitrogens with one attached hydrogen (secondary N) is 1. The molecule has 2 nitrogen and oxygen atoms in total. The van der Waals surface area contributed by atoms with E-state index in [2.05, 4.69) is 34.2 Å². The zero-order chi connectivity index (χ0) is 12.3. The number of aliphatic hydroxyl groups excluding tert-OH is 1. The Morgan fingerprint density at radius 1 is 1.41 bits per heavy atom. The molecule has 2 N–H and O–H groups in total. The summed E-state index contributed by atoms with van der Waals surface area (Å²) in [6.07, 6.45) is 4.26. The Morgan fingerprint density at radius 2 is 2.12 bits per heavy atom. The molecule has 0 aromatic carbocycles. The molecule has 0 unspecified atom stereocenters. The molecule has 1 aliphatic rings. The normalized spacial score (nSPS) is 25.1. The predicted octanol–water partition coefficient (Wildman–Crippen LogP) is 3.46. The van der Waals surface area contributed by atoms with Gasteiger partial charge in [0.2, 0.25) is 0 Å². The number of aliphatic hydroxyl groups is 1. The minimum Gasteiger partial charge on any atom is -0.393 e. The van der Waals surface area contributed by atoms with E-state index < -0.39 is 0 Å². The summed E-state index contributed by atoms with van der Waals surface area (Å²) >= 11 is 5.40. The first-order chi connectivity index (χ1) is 8.15. The summed E-state index contributed by atoms with van der Waals surface area (Å²) < 4.78 is 1.22. The average Bonchev–Trinajstić information content (AvgIpc) is 2.61. The second-order valence-electron chi connectivity index (χ2n) is 4.92. The van der Waals surface area contributed by atoms with Gasteiger partial charge in [-0.1, -0.05) is 0 Å². The maximum Gasteiger partial charge on any atom is 0.0540 e. The van der Waals surface area contributed by atoms with E-state index in [4.69, 9.17) is 0 Å². The second kappa shape index (κ2) is 6.32. The third-order valence-electron chi connectivity index (χ3n) is 3.46. The molecule has 0 radical (unpaired) electrons. The topological polar surface area (TPSA) is 32.3 Å². The first kappa shape index (κ1) is 13.5. The monoisotopic (exact) mass is 317 g/mol. The SMILES string of the molecule is Cc1sc(CNCC2CCC(O)CC2)cc1Br. The Hall–Kier alpha value is 0.100. The molecule has 0 amide bonds. The van der Waals surface area contributed by atoms with Gasteiger partial charge in [-0.15, -0.1) is 11.3 Å². The third kappa shape index (κ3) is 4.05. The van der Waals surface area contributed by atoms with E-state index in [1.54, 1.807) is 0 Å². The van der Waals surface area contributed by atoms with Crippen LogP contribution in [0.1, 0.15) is 35.4 Å². The molecule has 17 heavy (non-hydrogen) atoms. The largest absolute Gasteiger partial charge is 0.393 e. The van der Waals surface area contributed by atoms with Crippen molar-refractivity contribution in [3.05, 3.63) is 20.3 Å². The van der Waals surface area contributed by atoms with Gasteiger partial charge in [0.1, 0.15) is 0 Å². The van der Waals surface area contributed by atoms with Gasteiger partial charge in [-0.25, -0.2) is 0 Å². The Bertz CT molecular complexity index is 339. The molecule has 1 aromatic rings. The number of halogens is 1. The van der Waals surface area contributed by atoms with Crippen LogP contribution in [0.2, 0.25) is 0 Å². The van der Waals surface area contributed by atoms with Gasteiger partial charge in [-0.05, 0) is 67.1 Å². The predicted molar refractivity (Wildman–Crippen MR) is 76.4 cm³/mol. The van der Waals surface area contributed by atoms with Gasteiger partial charge in [0.05, 0.1) is 6.10 Å². The zero-order valence-corrected chi connectivity index (χ0v) is 12.6. The minimum absolute atomic E-state index is 0.0397. The van der Waals surface area contributed by atoms with Crippen molar-refractivity contribution in [1.82, 2.24) is 5.32 Å². The highest BCUT2D eigenvalue weighted by Gasteiger charge is 2.18. The molecule has 1 fully saturated rings. The summed E-state index contributed by atoms with van der Waals surface area (Å²) in [4.78, 5) is 2.74. The maximum absolute atomic E-state index is 9.44. The lowest BCUT2D eigenvalue weighted by Crippen LogP contribution is -2.27. The van der Waals surface area contributed by atoms with Crippen LogP contribution in [0.3, 0.4) is 0 Å². The van der Waals surface area contributed by atoms with Crippen molar-refractivity contribution in [2.45, 2.75) is 45.3 Å². The van der Waals surface area contributed by atoms with Crippen LogP contribution in [0.15, 0.2) is 10.5 Å². The van der Waals surface area contributed by atoms with Crippen LogP contribution < -0.4 is 5.32 Å². The van der Waals surface area contributed by atoms with Gasteiger partial charge in [-0.2, -0.15) is 0 Å². The number of rotatable bonds is 4. The Labute approximate surface area is 116 Å². The summed E-state index contributed by atoms with van der Waals surface area (Å²) in [6, 6.07) is 2.21. The fourth-order valence-electron chi connectivity index (χ4n) is 2.35. The molecule has 1 aromatic heterocycles. The lowest BCUT2D eigenvalue weighted by molar-refractivity contribution is 0.108. The van der Waals surface area contributed by atoms with E-state index in [1.165, 1.54) is 27.1 Å². The van der Waals surface area contributed by atoms with Crippen LogP contribution >= 0.6 is 27.3 Å². The molecule has 0 atom stereocenters. The summed E-state index contributed by atoms with van der Waals surface area (Å²) in [5.41, 5.74) is 0. The van der Waals surface area contributed by atoms with Crippen LogP contribution in [0.4, 0.5) is 0 Å². The number of aryl methyl sites for hydroxylation is 1. The molecular weight excluding hydrogens is 298 g/mol. The molecule has 0 saturated heterocycles. The highest BCUT2D eigenvalue weighted by atomic mass is 79.9. The zero-order valence-electron chi connectivity index (χ0n) is 10.2. The molecule has 96 valence electrons. The Kier molecular flexibility index (Phi) is 5.03. The fourth-order valence-corrected chi connectivity index (χ4v) is 3.92. The van der Waals surface area contributed by atoms with Gasteiger partial charge in [0, 0.05) is 20.8 Å². The van der Waals surface area contributed by atoms with E-state index in [0.717, 1.165) is 31.8 Å². The first-order valence-electron chi connectivity index (χ1n) is 6.28. The van der Waals surface area contributed by atoms with E-state index in [-0.39, 0.29) is 6.10 Å². The van der Waals surface area contributed by atoms with Gasteiger partial charge in [0.25, 0.3) is 0 Å². The fraction of sp³-hybridized carbons (Fsp3) is 0.692. The van der Waals surface area contributed by atoms with Crippen LogP contribution in [-0.2, 0) is 6.54 Å². The van der Waals surface area contributed by atoms with Crippen molar-refractivity contribution in [3.8, 4) is 0 Å². The molecular formula is C13H20BrNOS. The van der Waals surface area contributed by atoms with Crippen molar-refractivity contribution in [2.24, 2.45) is 5.92 Å². The molecule has 1 heterocycles. The third-order valence-corrected chi connectivity index (χ3v) is 5.59.